The van der Waals surface area contributed by atoms with E-state index < -0.39 is 0 Å². The van der Waals surface area contributed by atoms with Crippen LogP contribution in [0.3, 0.4) is 0 Å². The first-order valence-corrected chi connectivity index (χ1v) is 7.61. The van der Waals surface area contributed by atoms with Crippen molar-refractivity contribution in [2.24, 2.45) is 7.05 Å². The van der Waals surface area contributed by atoms with Crippen LogP contribution in [-0.2, 0) is 12.5 Å². The van der Waals surface area contributed by atoms with Crippen LogP contribution in [0.15, 0.2) is 24.3 Å². The van der Waals surface area contributed by atoms with Crippen molar-refractivity contribution in [3.8, 4) is 6.07 Å². The zero-order valence-corrected chi connectivity index (χ0v) is 14.6. The quantitative estimate of drug-likeness (QED) is 0.665. The Kier molecular flexibility index (Phi) is 4.33. The highest BCUT2D eigenvalue weighted by Crippen LogP contribution is 2.29. The summed E-state index contributed by atoms with van der Waals surface area (Å²) in [6, 6.07) is 9.90. The fourth-order valence-electron chi connectivity index (χ4n) is 2.60. The van der Waals surface area contributed by atoms with Gasteiger partial charge >= 0.3 is 0 Å². The molecule has 0 atom stereocenters. The number of hydrogen-bond acceptors (Lipinski definition) is 3. The molecule has 0 saturated carbocycles. The average Bonchev–Trinajstić information content (AvgIpc) is 2.72. The lowest BCUT2D eigenvalue weighted by Crippen LogP contribution is -2.10. The van der Waals surface area contributed by atoms with Crippen LogP contribution in [0, 0.1) is 25.2 Å². The van der Waals surface area contributed by atoms with Crippen molar-refractivity contribution in [1.29, 1.82) is 5.26 Å². The maximum absolute atomic E-state index is 10.6. The third-order valence-electron chi connectivity index (χ3n) is 4.13. The van der Waals surface area contributed by atoms with Gasteiger partial charge in [0.15, 0.2) is 5.76 Å². The van der Waals surface area contributed by atoms with Crippen molar-refractivity contribution >= 4 is 11.3 Å². The standard InChI is InChI=1S/C19H23N3O/c1-12-13(2)21-22(6)17(12)18(23)16(11-20)14-7-9-15(10-8-14)19(3,4)5/h7-10,23H,1-6H3. The summed E-state index contributed by atoms with van der Waals surface area (Å²) < 4.78 is 1.61. The van der Waals surface area contributed by atoms with E-state index in [9.17, 15) is 10.4 Å². The smallest absolute Gasteiger partial charge is 0.159 e. The maximum Gasteiger partial charge on any atom is 0.159 e. The second-order valence-electron chi connectivity index (χ2n) is 6.85. The Morgan fingerprint density at radius 1 is 1.17 bits per heavy atom. The molecule has 23 heavy (non-hydrogen) atoms. The van der Waals surface area contributed by atoms with Crippen LogP contribution < -0.4 is 0 Å². The van der Waals surface area contributed by atoms with E-state index in [0.717, 1.165) is 11.3 Å². The summed E-state index contributed by atoms with van der Waals surface area (Å²) >= 11 is 0. The first-order chi connectivity index (χ1) is 10.7. The molecular formula is C19H23N3O. The van der Waals surface area contributed by atoms with Gasteiger partial charge in [0, 0.05) is 12.6 Å². The average molecular weight is 309 g/mol. The first-order valence-electron chi connectivity index (χ1n) is 7.61. The van der Waals surface area contributed by atoms with Gasteiger partial charge in [-0.05, 0) is 30.4 Å². The molecule has 0 bridgehead atoms. The zero-order chi connectivity index (χ0) is 17.4. The van der Waals surface area contributed by atoms with Crippen molar-refractivity contribution in [3.63, 3.8) is 0 Å². The number of aryl methyl sites for hydroxylation is 2. The summed E-state index contributed by atoms with van der Waals surface area (Å²) in [6.45, 7) is 10.2. The number of rotatable bonds is 2. The molecule has 0 saturated heterocycles. The monoisotopic (exact) mass is 309 g/mol. The van der Waals surface area contributed by atoms with Crippen LogP contribution in [0.5, 0.6) is 0 Å². The van der Waals surface area contributed by atoms with Crippen molar-refractivity contribution in [2.75, 3.05) is 0 Å². The van der Waals surface area contributed by atoms with Gasteiger partial charge in [-0.25, -0.2) is 0 Å². The molecule has 1 heterocycles. The van der Waals surface area contributed by atoms with Gasteiger partial charge in [0.25, 0.3) is 0 Å². The molecule has 4 heteroatoms. The van der Waals surface area contributed by atoms with Gasteiger partial charge < -0.3 is 5.11 Å². The van der Waals surface area contributed by atoms with Crippen molar-refractivity contribution in [1.82, 2.24) is 9.78 Å². The number of aromatic nitrogens is 2. The van der Waals surface area contributed by atoms with Crippen LogP contribution >= 0.6 is 0 Å². The van der Waals surface area contributed by atoms with Gasteiger partial charge in [0.05, 0.1) is 5.69 Å². The number of allylic oxidation sites excluding steroid dienone is 1. The molecule has 0 radical (unpaired) electrons. The highest BCUT2D eigenvalue weighted by atomic mass is 16.3. The van der Waals surface area contributed by atoms with Crippen molar-refractivity contribution < 1.29 is 5.11 Å². The number of aliphatic hydroxyl groups is 1. The number of nitriles is 1. The van der Waals surface area contributed by atoms with Gasteiger partial charge in [-0.1, -0.05) is 45.0 Å². The molecule has 0 unspecified atom stereocenters. The number of nitrogens with zero attached hydrogens (tertiary/aromatic N) is 3. The summed E-state index contributed by atoms with van der Waals surface area (Å²) in [5, 5.41) is 24.5. The number of hydrogen-bond donors (Lipinski definition) is 1. The van der Waals surface area contributed by atoms with Gasteiger partial charge in [-0.2, -0.15) is 10.4 Å². The molecule has 1 aromatic heterocycles. The molecule has 0 spiro atoms. The van der Waals surface area contributed by atoms with Crippen LogP contribution in [0.25, 0.3) is 11.3 Å². The normalized spacial score (nSPS) is 12.7. The summed E-state index contributed by atoms with van der Waals surface area (Å²) in [4.78, 5) is 0. The maximum atomic E-state index is 10.6. The summed E-state index contributed by atoms with van der Waals surface area (Å²) in [5.41, 5.74) is 4.50. The predicted octanol–water partition coefficient (Wildman–Crippen LogP) is 4.28. The minimum Gasteiger partial charge on any atom is -0.504 e. The third-order valence-corrected chi connectivity index (χ3v) is 4.13. The van der Waals surface area contributed by atoms with Gasteiger partial charge in [0.2, 0.25) is 0 Å². The molecule has 4 nitrogen and oxygen atoms in total. The largest absolute Gasteiger partial charge is 0.504 e. The zero-order valence-electron chi connectivity index (χ0n) is 14.6. The van der Waals surface area contributed by atoms with Crippen LogP contribution in [0.2, 0.25) is 0 Å². The highest BCUT2D eigenvalue weighted by molar-refractivity contribution is 5.94. The Bertz CT molecular complexity index is 797. The fourth-order valence-corrected chi connectivity index (χ4v) is 2.60. The van der Waals surface area contributed by atoms with E-state index in [1.165, 1.54) is 5.56 Å². The van der Waals surface area contributed by atoms with Crippen molar-refractivity contribution in [2.45, 2.75) is 40.0 Å². The molecule has 0 fully saturated rings. The van der Waals surface area contributed by atoms with E-state index in [1.807, 2.05) is 38.1 Å². The van der Waals surface area contributed by atoms with Gasteiger partial charge in [-0.3, -0.25) is 4.68 Å². The number of benzene rings is 1. The molecule has 0 amide bonds. The molecule has 1 N–H and O–H groups in total. The topological polar surface area (TPSA) is 61.8 Å². The van der Waals surface area contributed by atoms with Gasteiger partial charge in [0.1, 0.15) is 17.3 Å². The molecular weight excluding hydrogens is 286 g/mol. The highest BCUT2D eigenvalue weighted by Gasteiger charge is 2.19. The second kappa shape index (κ2) is 5.92. The lowest BCUT2D eigenvalue weighted by Gasteiger charge is -2.19. The summed E-state index contributed by atoms with van der Waals surface area (Å²) in [5.74, 6) is -0.0309. The Morgan fingerprint density at radius 3 is 2.13 bits per heavy atom. The molecule has 0 aliphatic heterocycles. The van der Waals surface area contributed by atoms with Crippen LogP contribution in [-0.4, -0.2) is 14.9 Å². The van der Waals surface area contributed by atoms with E-state index in [-0.39, 0.29) is 16.7 Å². The van der Waals surface area contributed by atoms with E-state index >= 15 is 0 Å². The predicted molar refractivity (Wildman–Crippen MR) is 92.9 cm³/mol. The molecule has 1 aromatic carbocycles. The molecule has 0 aliphatic carbocycles. The first kappa shape index (κ1) is 16.8. The minimum atomic E-state index is -0.0309. The van der Waals surface area contributed by atoms with Crippen molar-refractivity contribution in [3.05, 3.63) is 52.3 Å². The molecule has 2 rings (SSSR count). The van der Waals surface area contributed by atoms with Crippen LogP contribution in [0.4, 0.5) is 0 Å². The van der Waals surface area contributed by atoms with Gasteiger partial charge in [-0.15, -0.1) is 0 Å². The number of aliphatic hydroxyl groups excluding tert-OH is 1. The lowest BCUT2D eigenvalue weighted by molar-refractivity contribution is 0.502. The Labute approximate surface area is 137 Å². The van der Waals surface area contributed by atoms with E-state index in [0.29, 0.717) is 11.3 Å². The molecule has 0 aliphatic rings. The van der Waals surface area contributed by atoms with E-state index in [1.54, 1.807) is 11.7 Å². The summed E-state index contributed by atoms with van der Waals surface area (Å²) in [7, 11) is 1.77. The molecule has 120 valence electrons. The Morgan fingerprint density at radius 2 is 1.74 bits per heavy atom. The molecule has 2 aromatic rings. The fraction of sp³-hybridized carbons (Fsp3) is 0.368. The summed E-state index contributed by atoms with van der Waals surface area (Å²) in [6.07, 6.45) is 0. The lowest BCUT2D eigenvalue weighted by atomic mass is 9.86. The SMILES string of the molecule is Cc1nn(C)c(C(O)=C(C#N)c2ccc(C(C)(C)C)cc2)c1C. The minimum absolute atomic E-state index is 0.0309. The Balaban J connectivity index is 2.57. The second-order valence-corrected chi connectivity index (χ2v) is 6.85. The van der Waals surface area contributed by atoms with E-state index in [4.69, 9.17) is 0 Å². The third kappa shape index (κ3) is 3.14. The van der Waals surface area contributed by atoms with E-state index in [2.05, 4.69) is 31.9 Å². The van der Waals surface area contributed by atoms with Crippen LogP contribution in [0.1, 0.15) is 48.8 Å². The Hall–Kier alpha value is -2.54.